The fourth-order valence-electron chi connectivity index (χ4n) is 2.38. The Morgan fingerprint density at radius 3 is 2.83 bits per heavy atom. The van der Waals surface area contributed by atoms with E-state index in [1.54, 1.807) is 6.20 Å². The van der Waals surface area contributed by atoms with E-state index in [0.29, 0.717) is 24.9 Å². The van der Waals surface area contributed by atoms with Gasteiger partial charge in [-0.25, -0.2) is 19.9 Å². The maximum Gasteiger partial charge on any atom is 0.223 e. The van der Waals surface area contributed by atoms with Gasteiger partial charge in [-0.05, 0) is 37.7 Å². The molecule has 0 aromatic carbocycles. The average Bonchev–Trinajstić information content (AvgIpc) is 3.39. The molecule has 0 unspecified atom stereocenters. The summed E-state index contributed by atoms with van der Waals surface area (Å²) in [4.78, 5) is 17.7. The Bertz CT molecular complexity index is 659. The highest BCUT2D eigenvalue weighted by molar-refractivity contribution is 5.62. The van der Waals surface area contributed by atoms with Gasteiger partial charge in [0.25, 0.3) is 0 Å². The van der Waals surface area contributed by atoms with E-state index in [2.05, 4.69) is 30.6 Å². The van der Waals surface area contributed by atoms with E-state index in [4.69, 9.17) is 5.11 Å². The standard InChI is InChI=1S/C16H22N6O/c1-17-15-20-10-12(14(22-15)9-11-3-4-11)13-5-7-19-16(21-13)18-6-2-8-23/h5,7,10-11,23H,2-4,6,8-9H2,1H3,(H,17,20,22)(H,18,19,21). The summed E-state index contributed by atoms with van der Waals surface area (Å²) in [7, 11) is 1.82. The van der Waals surface area contributed by atoms with Crippen LogP contribution in [0.3, 0.4) is 0 Å². The fraction of sp³-hybridized carbons (Fsp3) is 0.500. The molecule has 0 saturated heterocycles. The topological polar surface area (TPSA) is 95.9 Å². The SMILES string of the molecule is CNc1ncc(-c2ccnc(NCCCO)n2)c(CC2CC2)n1. The minimum atomic E-state index is 0.150. The van der Waals surface area contributed by atoms with Crippen molar-refractivity contribution in [2.75, 3.05) is 30.8 Å². The Morgan fingerprint density at radius 1 is 1.22 bits per heavy atom. The predicted octanol–water partition coefficient (Wildman–Crippen LogP) is 1.72. The number of hydrogen-bond acceptors (Lipinski definition) is 7. The molecule has 122 valence electrons. The maximum atomic E-state index is 8.85. The number of hydrogen-bond donors (Lipinski definition) is 3. The van der Waals surface area contributed by atoms with Gasteiger partial charge in [-0.3, -0.25) is 0 Å². The lowest BCUT2D eigenvalue weighted by atomic mass is 10.1. The number of rotatable bonds is 8. The molecule has 1 fully saturated rings. The first kappa shape index (κ1) is 15.6. The maximum absolute atomic E-state index is 8.85. The van der Waals surface area contributed by atoms with Crippen molar-refractivity contribution >= 4 is 11.9 Å². The largest absolute Gasteiger partial charge is 0.396 e. The number of aliphatic hydroxyl groups is 1. The molecule has 3 rings (SSSR count). The number of nitrogens with one attached hydrogen (secondary N) is 2. The van der Waals surface area contributed by atoms with Crippen molar-refractivity contribution in [2.45, 2.75) is 25.7 Å². The minimum Gasteiger partial charge on any atom is -0.396 e. The molecular weight excluding hydrogens is 292 g/mol. The van der Waals surface area contributed by atoms with Gasteiger partial charge in [0.05, 0.1) is 11.4 Å². The monoisotopic (exact) mass is 314 g/mol. The van der Waals surface area contributed by atoms with Crippen molar-refractivity contribution in [3.8, 4) is 11.3 Å². The molecule has 0 bridgehead atoms. The highest BCUT2D eigenvalue weighted by atomic mass is 16.3. The first-order valence-corrected chi connectivity index (χ1v) is 8.02. The van der Waals surface area contributed by atoms with Crippen LogP contribution >= 0.6 is 0 Å². The molecule has 3 N–H and O–H groups in total. The summed E-state index contributed by atoms with van der Waals surface area (Å²) in [5, 5.41) is 15.0. The molecule has 1 aliphatic carbocycles. The lowest BCUT2D eigenvalue weighted by molar-refractivity contribution is 0.292. The van der Waals surface area contributed by atoms with E-state index in [1.165, 1.54) is 12.8 Å². The summed E-state index contributed by atoms with van der Waals surface area (Å²) in [6.45, 7) is 0.793. The molecule has 23 heavy (non-hydrogen) atoms. The van der Waals surface area contributed by atoms with Crippen LogP contribution in [0.4, 0.5) is 11.9 Å². The second-order valence-electron chi connectivity index (χ2n) is 5.72. The molecule has 1 saturated carbocycles. The lowest BCUT2D eigenvalue weighted by Gasteiger charge is -2.10. The first-order chi connectivity index (χ1) is 11.3. The van der Waals surface area contributed by atoms with Crippen LogP contribution in [0.2, 0.25) is 0 Å². The van der Waals surface area contributed by atoms with E-state index in [1.807, 2.05) is 19.3 Å². The summed E-state index contributed by atoms with van der Waals surface area (Å²) in [6.07, 6.45) is 7.74. The van der Waals surface area contributed by atoms with Gasteiger partial charge in [0.2, 0.25) is 11.9 Å². The molecule has 7 heteroatoms. The van der Waals surface area contributed by atoms with Crippen LogP contribution in [0, 0.1) is 5.92 Å². The molecule has 0 amide bonds. The molecule has 2 aromatic heterocycles. The molecular formula is C16H22N6O. The van der Waals surface area contributed by atoms with E-state index in [-0.39, 0.29) is 6.61 Å². The molecule has 0 aliphatic heterocycles. The van der Waals surface area contributed by atoms with Crippen molar-refractivity contribution in [2.24, 2.45) is 5.92 Å². The molecule has 2 aromatic rings. The Balaban J connectivity index is 1.86. The average molecular weight is 314 g/mol. The molecule has 0 radical (unpaired) electrons. The predicted molar refractivity (Wildman–Crippen MR) is 89.2 cm³/mol. The normalized spacial score (nSPS) is 13.8. The zero-order valence-electron chi connectivity index (χ0n) is 13.3. The Kier molecular flexibility index (Phi) is 4.97. The second kappa shape index (κ2) is 7.32. The van der Waals surface area contributed by atoms with Gasteiger partial charge in [0, 0.05) is 38.2 Å². The third kappa shape index (κ3) is 4.13. The van der Waals surface area contributed by atoms with Gasteiger partial charge in [-0.2, -0.15) is 0 Å². The molecule has 1 aliphatic rings. The van der Waals surface area contributed by atoms with Crippen molar-refractivity contribution in [1.82, 2.24) is 19.9 Å². The van der Waals surface area contributed by atoms with E-state index >= 15 is 0 Å². The summed E-state index contributed by atoms with van der Waals surface area (Å²) in [6, 6.07) is 1.88. The van der Waals surface area contributed by atoms with Crippen LogP contribution < -0.4 is 10.6 Å². The van der Waals surface area contributed by atoms with Crippen LogP contribution in [0.15, 0.2) is 18.5 Å². The van der Waals surface area contributed by atoms with Crippen LogP contribution in [-0.2, 0) is 6.42 Å². The number of aromatic nitrogens is 4. The van der Waals surface area contributed by atoms with Crippen molar-refractivity contribution in [3.05, 3.63) is 24.2 Å². The summed E-state index contributed by atoms with van der Waals surface area (Å²) < 4.78 is 0. The van der Waals surface area contributed by atoms with Gasteiger partial charge in [0.1, 0.15) is 0 Å². The number of nitrogens with zero attached hydrogens (tertiary/aromatic N) is 4. The lowest BCUT2D eigenvalue weighted by Crippen LogP contribution is -2.08. The Hall–Kier alpha value is -2.28. The fourth-order valence-corrected chi connectivity index (χ4v) is 2.38. The number of anilines is 2. The summed E-state index contributed by atoms with van der Waals surface area (Å²) in [5.41, 5.74) is 2.82. The van der Waals surface area contributed by atoms with Gasteiger partial charge in [-0.1, -0.05) is 0 Å². The van der Waals surface area contributed by atoms with Crippen LogP contribution in [0.25, 0.3) is 11.3 Å². The highest BCUT2D eigenvalue weighted by Crippen LogP contribution is 2.34. The highest BCUT2D eigenvalue weighted by Gasteiger charge is 2.24. The van der Waals surface area contributed by atoms with Crippen molar-refractivity contribution in [3.63, 3.8) is 0 Å². The molecule has 2 heterocycles. The van der Waals surface area contributed by atoms with Crippen LogP contribution in [0.1, 0.15) is 25.0 Å². The van der Waals surface area contributed by atoms with Crippen molar-refractivity contribution in [1.29, 1.82) is 0 Å². The molecule has 0 spiro atoms. The van der Waals surface area contributed by atoms with Crippen LogP contribution in [-0.4, -0.2) is 45.2 Å². The summed E-state index contributed by atoms with van der Waals surface area (Å²) >= 11 is 0. The van der Waals surface area contributed by atoms with Gasteiger partial charge in [0.15, 0.2) is 0 Å². The smallest absolute Gasteiger partial charge is 0.223 e. The summed E-state index contributed by atoms with van der Waals surface area (Å²) in [5.74, 6) is 1.93. The van der Waals surface area contributed by atoms with Crippen molar-refractivity contribution < 1.29 is 5.11 Å². The van der Waals surface area contributed by atoms with Crippen LogP contribution in [0.5, 0.6) is 0 Å². The zero-order chi connectivity index (χ0) is 16.1. The molecule has 0 atom stereocenters. The van der Waals surface area contributed by atoms with E-state index < -0.39 is 0 Å². The van der Waals surface area contributed by atoms with Gasteiger partial charge in [-0.15, -0.1) is 0 Å². The van der Waals surface area contributed by atoms with Gasteiger partial charge < -0.3 is 15.7 Å². The zero-order valence-corrected chi connectivity index (χ0v) is 13.3. The Morgan fingerprint density at radius 2 is 2.09 bits per heavy atom. The second-order valence-corrected chi connectivity index (χ2v) is 5.72. The minimum absolute atomic E-state index is 0.150. The Labute approximate surface area is 135 Å². The van der Waals surface area contributed by atoms with Gasteiger partial charge >= 0.3 is 0 Å². The first-order valence-electron chi connectivity index (χ1n) is 8.02. The quantitative estimate of drug-likeness (QED) is 0.638. The number of aliphatic hydroxyl groups excluding tert-OH is 1. The van der Waals surface area contributed by atoms with E-state index in [0.717, 1.165) is 29.3 Å². The molecule has 7 nitrogen and oxygen atoms in total. The third-order valence-electron chi connectivity index (χ3n) is 3.82. The van der Waals surface area contributed by atoms with E-state index in [9.17, 15) is 0 Å². The third-order valence-corrected chi connectivity index (χ3v) is 3.82.